The Bertz CT molecular complexity index is 571. The van der Waals surface area contributed by atoms with Crippen molar-refractivity contribution in [2.24, 2.45) is 4.99 Å². The largest absolute Gasteiger partial charge is 0.375 e. The van der Waals surface area contributed by atoms with Gasteiger partial charge in [-0.3, -0.25) is 0 Å². The van der Waals surface area contributed by atoms with E-state index in [0.717, 1.165) is 36.9 Å². The molecular weight excluding hydrogens is 307 g/mol. The average Bonchev–Trinajstić information content (AvgIpc) is 2.54. The summed E-state index contributed by atoms with van der Waals surface area (Å²) < 4.78 is 26.0. The van der Waals surface area contributed by atoms with Crippen LogP contribution in [-0.2, 0) is 15.1 Å². The van der Waals surface area contributed by atoms with Gasteiger partial charge in [0.05, 0.1) is 19.6 Å². The molecule has 0 bridgehead atoms. The van der Waals surface area contributed by atoms with Crippen molar-refractivity contribution in [2.75, 3.05) is 33.4 Å². The zero-order valence-corrected chi connectivity index (χ0v) is 15.3. The van der Waals surface area contributed by atoms with Crippen molar-refractivity contribution in [2.45, 2.75) is 45.6 Å². The third-order valence-corrected chi connectivity index (χ3v) is 4.47. The highest BCUT2D eigenvalue weighted by Crippen LogP contribution is 2.38. The maximum atomic E-state index is 14.5. The molecule has 4 nitrogen and oxygen atoms in total. The van der Waals surface area contributed by atoms with E-state index in [1.54, 1.807) is 18.5 Å². The Balaban J connectivity index is 2.17. The molecule has 0 atom stereocenters. The molecule has 1 aliphatic heterocycles. The summed E-state index contributed by atoms with van der Waals surface area (Å²) in [5.41, 5.74) is 1.73. The van der Waals surface area contributed by atoms with Crippen molar-refractivity contribution in [1.82, 2.24) is 4.90 Å². The zero-order valence-electron chi connectivity index (χ0n) is 15.3. The average molecular weight is 336 g/mol. The summed E-state index contributed by atoms with van der Waals surface area (Å²) in [6.07, 6.45) is 4.97. The molecule has 5 heteroatoms. The second-order valence-electron chi connectivity index (χ2n) is 6.48. The molecule has 0 spiro atoms. The van der Waals surface area contributed by atoms with Gasteiger partial charge >= 0.3 is 0 Å². The number of ether oxygens (including phenoxy) is 2. The molecule has 134 valence electrons. The molecule has 0 N–H and O–H groups in total. The Morgan fingerprint density at radius 2 is 2.08 bits per heavy atom. The van der Waals surface area contributed by atoms with E-state index < -0.39 is 5.60 Å². The lowest BCUT2D eigenvalue weighted by Gasteiger charge is -2.42. The summed E-state index contributed by atoms with van der Waals surface area (Å²) in [5.74, 6) is -0.320. The van der Waals surface area contributed by atoms with Crippen LogP contribution in [0.25, 0.3) is 0 Å². The first-order valence-electron chi connectivity index (χ1n) is 8.79. The fraction of sp³-hybridized carbons (Fsp3) is 0.632. The van der Waals surface area contributed by atoms with Gasteiger partial charge in [0.15, 0.2) is 0 Å². The molecule has 1 aromatic rings. The van der Waals surface area contributed by atoms with E-state index in [4.69, 9.17) is 9.47 Å². The molecular formula is C19H29FN2O2. The third kappa shape index (κ3) is 4.33. The topological polar surface area (TPSA) is 34.1 Å². The van der Waals surface area contributed by atoms with Gasteiger partial charge in [-0.2, -0.15) is 0 Å². The maximum Gasteiger partial charge on any atom is 0.149 e. The summed E-state index contributed by atoms with van der Waals surface area (Å²) in [6.45, 7) is 8.64. The predicted molar refractivity (Wildman–Crippen MR) is 95.6 cm³/mol. The quantitative estimate of drug-likeness (QED) is 0.385. The fourth-order valence-electron chi connectivity index (χ4n) is 2.72. The van der Waals surface area contributed by atoms with Crippen LogP contribution in [0.2, 0.25) is 0 Å². The molecule has 1 heterocycles. The van der Waals surface area contributed by atoms with Gasteiger partial charge in [-0.05, 0) is 43.5 Å². The predicted octanol–water partition coefficient (Wildman–Crippen LogP) is 4.18. The normalized spacial score (nSPS) is 16.4. The van der Waals surface area contributed by atoms with Gasteiger partial charge in [0.25, 0.3) is 0 Å². The van der Waals surface area contributed by atoms with E-state index in [-0.39, 0.29) is 5.82 Å². The van der Waals surface area contributed by atoms with E-state index in [1.807, 2.05) is 25.8 Å². The number of hydrogen-bond donors (Lipinski definition) is 0. The molecule has 2 rings (SSSR count). The van der Waals surface area contributed by atoms with Crippen LogP contribution in [0.4, 0.5) is 10.1 Å². The summed E-state index contributed by atoms with van der Waals surface area (Å²) in [6, 6.07) is 3.36. The van der Waals surface area contributed by atoms with Crippen LogP contribution < -0.4 is 0 Å². The van der Waals surface area contributed by atoms with Gasteiger partial charge in [-0.25, -0.2) is 9.38 Å². The van der Waals surface area contributed by atoms with Crippen LogP contribution in [0.3, 0.4) is 0 Å². The van der Waals surface area contributed by atoms with E-state index in [1.165, 1.54) is 0 Å². The molecule has 0 unspecified atom stereocenters. The van der Waals surface area contributed by atoms with Crippen LogP contribution >= 0.6 is 0 Å². The molecule has 1 fully saturated rings. The van der Waals surface area contributed by atoms with Gasteiger partial charge in [-0.15, -0.1) is 0 Å². The first kappa shape index (κ1) is 18.9. The number of hydrogen-bond acceptors (Lipinski definition) is 3. The van der Waals surface area contributed by atoms with Crippen molar-refractivity contribution >= 4 is 12.0 Å². The second kappa shape index (κ2) is 8.58. The number of aliphatic imine (C=N–C) groups is 1. The van der Waals surface area contributed by atoms with Crippen LogP contribution in [0.5, 0.6) is 0 Å². The van der Waals surface area contributed by atoms with Crippen molar-refractivity contribution in [3.63, 3.8) is 0 Å². The van der Waals surface area contributed by atoms with Gasteiger partial charge in [0, 0.05) is 20.2 Å². The van der Waals surface area contributed by atoms with Crippen molar-refractivity contribution in [3.8, 4) is 0 Å². The van der Waals surface area contributed by atoms with E-state index in [9.17, 15) is 4.39 Å². The van der Waals surface area contributed by atoms with Crippen LogP contribution in [0, 0.1) is 12.7 Å². The zero-order chi connectivity index (χ0) is 17.6. The summed E-state index contributed by atoms with van der Waals surface area (Å²) in [5, 5.41) is 0. The van der Waals surface area contributed by atoms with Crippen LogP contribution in [0.1, 0.15) is 44.2 Å². The van der Waals surface area contributed by atoms with Gasteiger partial charge in [-0.1, -0.05) is 19.8 Å². The molecule has 0 aromatic heterocycles. The molecule has 24 heavy (non-hydrogen) atoms. The van der Waals surface area contributed by atoms with E-state index in [0.29, 0.717) is 25.5 Å². The maximum absolute atomic E-state index is 14.5. The number of rotatable bonds is 9. The highest BCUT2D eigenvalue weighted by molar-refractivity contribution is 5.62. The minimum Gasteiger partial charge on any atom is -0.375 e. The Kier molecular flexibility index (Phi) is 6.75. The highest BCUT2D eigenvalue weighted by atomic mass is 19.1. The van der Waals surface area contributed by atoms with Crippen molar-refractivity contribution in [3.05, 3.63) is 29.1 Å². The standard InChI is InChI=1S/C19H29FN2O2/c1-5-7-8-9-24-19(12-23-13-19)16-11-17(20)18(10-15(16)3)21-14-22(4)6-2/h10-11,14H,5-9,12-13H2,1-4H3. The Morgan fingerprint density at radius 3 is 2.67 bits per heavy atom. The lowest BCUT2D eigenvalue weighted by Crippen LogP contribution is -2.49. The minimum atomic E-state index is -0.499. The first-order valence-corrected chi connectivity index (χ1v) is 8.79. The Morgan fingerprint density at radius 1 is 1.33 bits per heavy atom. The minimum absolute atomic E-state index is 0.320. The van der Waals surface area contributed by atoms with Gasteiger partial charge in [0.2, 0.25) is 0 Å². The SMILES string of the molecule is CCCCCOC1(c2cc(F)c(N=CN(C)CC)cc2C)COC1. The van der Waals surface area contributed by atoms with Crippen molar-refractivity contribution in [1.29, 1.82) is 0 Å². The van der Waals surface area contributed by atoms with E-state index in [2.05, 4.69) is 11.9 Å². The molecule has 1 saturated heterocycles. The van der Waals surface area contributed by atoms with Crippen LogP contribution in [-0.4, -0.2) is 44.7 Å². The number of halogens is 1. The molecule has 0 radical (unpaired) electrons. The van der Waals surface area contributed by atoms with E-state index >= 15 is 0 Å². The first-order chi connectivity index (χ1) is 11.5. The lowest BCUT2D eigenvalue weighted by molar-refractivity contribution is -0.217. The molecule has 0 saturated carbocycles. The molecule has 1 aromatic carbocycles. The van der Waals surface area contributed by atoms with Gasteiger partial charge in [0.1, 0.15) is 17.1 Å². The van der Waals surface area contributed by atoms with Gasteiger partial charge < -0.3 is 14.4 Å². The Hall–Kier alpha value is -1.46. The number of aryl methyl sites for hydroxylation is 1. The second-order valence-corrected chi connectivity index (χ2v) is 6.48. The number of benzene rings is 1. The molecule has 0 amide bonds. The molecule has 1 aliphatic rings. The summed E-state index contributed by atoms with van der Waals surface area (Å²) in [4.78, 5) is 6.15. The molecule has 0 aliphatic carbocycles. The number of nitrogens with zero attached hydrogens (tertiary/aromatic N) is 2. The van der Waals surface area contributed by atoms with Crippen LogP contribution in [0.15, 0.2) is 17.1 Å². The third-order valence-electron chi connectivity index (χ3n) is 4.47. The lowest BCUT2D eigenvalue weighted by atomic mass is 9.87. The van der Waals surface area contributed by atoms with Crippen molar-refractivity contribution < 1.29 is 13.9 Å². The number of unbranched alkanes of at least 4 members (excludes halogenated alkanes) is 2. The summed E-state index contributed by atoms with van der Waals surface area (Å²) >= 11 is 0. The Labute approximate surface area is 144 Å². The highest BCUT2D eigenvalue weighted by Gasteiger charge is 2.43. The monoisotopic (exact) mass is 336 g/mol. The smallest absolute Gasteiger partial charge is 0.149 e. The summed E-state index contributed by atoms with van der Waals surface area (Å²) in [7, 11) is 1.91. The fourth-order valence-corrected chi connectivity index (χ4v) is 2.72.